The molecule has 1 unspecified atom stereocenters. The molecule has 2 amide bonds. The molecule has 0 aliphatic carbocycles. The van der Waals surface area contributed by atoms with Crippen LogP contribution in [0.25, 0.3) is 11.5 Å². The fourth-order valence-electron chi connectivity index (χ4n) is 1.79. The highest BCUT2D eigenvalue weighted by Gasteiger charge is 2.30. The number of anilines is 1. The number of carbonyl (C=O) groups excluding carboxylic acids is 1. The maximum absolute atomic E-state index is 11.7. The molecule has 1 aromatic carbocycles. The molecule has 9 nitrogen and oxygen atoms in total. The molecule has 0 aliphatic rings. The molecule has 0 aliphatic heterocycles. The molecule has 1 atom stereocenters. The highest BCUT2D eigenvalue weighted by Crippen LogP contribution is 2.21. The number of nitrogens with one attached hydrogen (secondary N) is 2. The highest BCUT2D eigenvalue weighted by molar-refractivity contribution is 5.90. The summed E-state index contributed by atoms with van der Waals surface area (Å²) in [5, 5.41) is 27.0. The van der Waals surface area contributed by atoms with Crippen LogP contribution < -0.4 is 10.6 Å². The Kier molecular flexibility index (Phi) is 5.38. The van der Waals surface area contributed by atoms with Crippen LogP contribution in [0, 0.1) is 0 Å². The zero-order chi connectivity index (χ0) is 18.6. The average molecular weight is 348 g/mol. The maximum Gasteiger partial charge on any atom is 0.337 e. The Morgan fingerprint density at radius 3 is 2.44 bits per heavy atom. The van der Waals surface area contributed by atoms with Gasteiger partial charge >= 0.3 is 12.0 Å². The number of rotatable bonds is 6. The van der Waals surface area contributed by atoms with Gasteiger partial charge in [0, 0.05) is 17.2 Å². The Morgan fingerprint density at radius 2 is 1.92 bits per heavy atom. The van der Waals surface area contributed by atoms with Gasteiger partial charge in [-0.05, 0) is 31.2 Å². The van der Waals surface area contributed by atoms with Gasteiger partial charge < -0.3 is 25.4 Å². The number of benzene rings is 1. The summed E-state index contributed by atoms with van der Waals surface area (Å²) in [6.07, 6.45) is 0. The molecule has 0 saturated heterocycles. The molecule has 2 rings (SSSR count). The number of nitrogens with zero attached hydrogens (tertiary/aromatic N) is 2. The van der Waals surface area contributed by atoms with Crippen molar-refractivity contribution in [2.24, 2.45) is 0 Å². The van der Waals surface area contributed by atoms with Gasteiger partial charge in [-0.25, -0.2) is 9.59 Å². The van der Waals surface area contributed by atoms with Crippen molar-refractivity contribution >= 4 is 17.7 Å². The van der Waals surface area contributed by atoms with Crippen molar-refractivity contribution in [1.82, 2.24) is 15.5 Å². The molecule has 0 bridgehead atoms. The third-order valence-electron chi connectivity index (χ3n) is 3.40. The van der Waals surface area contributed by atoms with Crippen LogP contribution in [0.5, 0.6) is 0 Å². The van der Waals surface area contributed by atoms with E-state index in [-0.39, 0.29) is 5.92 Å². The van der Waals surface area contributed by atoms with Crippen molar-refractivity contribution in [3.05, 3.63) is 30.1 Å². The first-order valence-electron chi connectivity index (χ1n) is 7.63. The number of carbonyl (C=O) groups is 2. The summed E-state index contributed by atoms with van der Waals surface area (Å²) in [7, 11) is 0. The Morgan fingerprint density at radius 1 is 1.28 bits per heavy atom. The largest absolute Gasteiger partial charge is 0.479 e. The summed E-state index contributed by atoms with van der Waals surface area (Å²) >= 11 is 0. The lowest BCUT2D eigenvalue weighted by Gasteiger charge is -2.18. The van der Waals surface area contributed by atoms with E-state index >= 15 is 0 Å². The molecule has 0 spiro atoms. The molecular weight excluding hydrogens is 328 g/mol. The Bertz CT molecular complexity index is 752. The minimum atomic E-state index is -2.03. The van der Waals surface area contributed by atoms with Crippen molar-refractivity contribution in [2.45, 2.75) is 32.3 Å². The third-order valence-corrected chi connectivity index (χ3v) is 3.40. The van der Waals surface area contributed by atoms with Gasteiger partial charge in [0.25, 0.3) is 5.89 Å². The average Bonchev–Trinajstić information content (AvgIpc) is 3.04. The third kappa shape index (κ3) is 4.77. The predicted octanol–water partition coefficient (Wildman–Crippen LogP) is 1.82. The summed E-state index contributed by atoms with van der Waals surface area (Å²) in [6, 6.07) is 6.07. The Labute approximate surface area is 144 Å². The second-order valence-corrected chi connectivity index (χ2v) is 6.08. The molecule has 25 heavy (non-hydrogen) atoms. The van der Waals surface area contributed by atoms with Crippen LogP contribution in [0.2, 0.25) is 0 Å². The summed E-state index contributed by atoms with van der Waals surface area (Å²) in [5.74, 6) is -0.262. The maximum atomic E-state index is 11.7. The van der Waals surface area contributed by atoms with Gasteiger partial charge in [-0.3, -0.25) is 0 Å². The number of hydrogen-bond acceptors (Lipinski definition) is 6. The summed E-state index contributed by atoms with van der Waals surface area (Å²) in [4.78, 5) is 26.8. The van der Waals surface area contributed by atoms with Crippen LogP contribution in [0.4, 0.5) is 10.5 Å². The van der Waals surface area contributed by atoms with Gasteiger partial charge in [0.05, 0.1) is 6.54 Å². The van der Waals surface area contributed by atoms with Gasteiger partial charge in [-0.1, -0.05) is 19.0 Å². The minimum absolute atomic E-state index is 0.158. The first kappa shape index (κ1) is 18.4. The van der Waals surface area contributed by atoms with Crippen molar-refractivity contribution in [3.63, 3.8) is 0 Å². The number of hydrogen-bond donors (Lipinski definition) is 4. The SMILES string of the molecule is CC(C)c1noc(-c2ccc(NC(=O)NCC(C)(O)C(=O)O)cc2)n1. The van der Waals surface area contributed by atoms with E-state index in [1.54, 1.807) is 24.3 Å². The molecule has 0 fully saturated rings. The number of aromatic nitrogens is 2. The summed E-state index contributed by atoms with van der Waals surface area (Å²) in [6.45, 7) is 4.59. The van der Waals surface area contributed by atoms with Gasteiger partial charge in [0.2, 0.25) is 0 Å². The van der Waals surface area contributed by atoms with Crippen LogP contribution >= 0.6 is 0 Å². The van der Waals surface area contributed by atoms with E-state index in [1.807, 2.05) is 13.8 Å². The summed E-state index contributed by atoms with van der Waals surface area (Å²) < 4.78 is 5.19. The van der Waals surface area contributed by atoms with Gasteiger partial charge in [0.15, 0.2) is 11.4 Å². The quantitative estimate of drug-likeness (QED) is 0.624. The number of amides is 2. The van der Waals surface area contributed by atoms with E-state index in [0.717, 1.165) is 6.92 Å². The van der Waals surface area contributed by atoms with Crippen LogP contribution in [-0.4, -0.2) is 44.5 Å². The van der Waals surface area contributed by atoms with Crippen molar-refractivity contribution in [2.75, 3.05) is 11.9 Å². The number of carboxylic acid groups (broad SMARTS) is 1. The molecule has 134 valence electrons. The van der Waals surface area contributed by atoms with E-state index in [0.29, 0.717) is 23.0 Å². The second-order valence-electron chi connectivity index (χ2n) is 6.08. The lowest BCUT2D eigenvalue weighted by molar-refractivity contribution is -0.155. The van der Waals surface area contributed by atoms with Crippen LogP contribution in [-0.2, 0) is 4.79 Å². The van der Waals surface area contributed by atoms with Crippen LogP contribution in [0.15, 0.2) is 28.8 Å². The number of aliphatic carboxylic acids is 1. The van der Waals surface area contributed by atoms with Crippen molar-refractivity contribution in [1.29, 1.82) is 0 Å². The van der Waals surface area contributed by atoms with E-state index in [2.05, 4.69) is 20.8 Å². The number of urea groups is 1. The minimum Gasteiger partial charge on any atom is -0.479 e. The van der Waals surface area contributed by atoms with E-state index in [1.165, 1.54) is 0 Å². The molecule has 9 heteroatoms. The standard InChI is InChI=1S/C16H20N4O5/c1-9(2)12-19-13(25-20-12)10-4-6-11(7-5-10)18-15(23)17-8-16(3,24)14(21)22/h4-7,9,24H,8H2,1-3H3,(H,21,22)(H2,17,18,23). The zero-order valence-corrected chi connectivity index (χ0v) is 14.1. The molecular formula is C16H20N4O5. The predicted molar refractivity (Wildman–Crippen MR) is 89.1 cm³/mol. The lowest BCUT2D eigenvalue weighted by atomic mass is 10.1. The molecule has 2 aromatic rings. The fourth-order valence-corrected chi connectivity index (χ4v) is 1.79. The Hall–Kier alpha value is -2.94. The van der Waals surface area contributed by atoms with Gasteiger partial charge in [-0.2, -0.15) is 4.98 Å². The monoisotopic (exact) mass is 348 g/mol. The second kappa shape index (κ2) is 7.31. The molecule has 0 saturated carbocycles. The van der Waals surface area contributed by atoms with Gasteiger partial charge in [-0.15, -0.1) is 0 Å². The molecule has 4 N–H and O–H groups in total. The highest BCUT2D eigenvalue weighted by atomic mass is 16.5. The van der Waals surface area contributed by atoms with E-state index < -0.39 is 24.1 Å². The zero-order valence-electron chi connectivity index (χ0n) is 14.1. The van der Waals surface area contributed by atoms with Crippen LogP contribution in [0.1, 0.15) is 32.5 Å². The van der Waals surface area contributed by atoms with Gasteiger partial charge in [0.1, 0.15) is 0 Å². The topological polar surface area (TPSA) is 138 Å². The molecule has 0 radical (unpaired) electrons. The molecule has 1 heterocycles. The number of carboxylic acids is 1. The van der Waals surface area contributed by atoms with E-state index in [4.69, 9.17) is 9.63 Å². The number of aliphatic hydroxyl groups is 1. The van der Waals surface area contributed by atoms with Crippen molar-refractivity contribution in [3.8, 4) is 11.5 Å². The van der Waals surface area contributed by atoms with Crippen LogP contribution in [0.3, 0.4) is 0 Å². The van der Waals surface area contributed by atoms with E-state index in [9.17, 15) is 14.7 Å². The van der Waals surface area contributed by atoms with Crippen molar-refractivity contribution < 1.29 is 24.3 Å². The lowest BCUT2D eigenvalue weighted by Crippen LogP contribution is -2.47. The summed E-state index contributed by atoms with van der Waals surface area (Å²) in [5.41, 5.74) is -0.841. The molecule has 1 aromatic heterocycles. The fraction of sp³-hybridized carbons (Fsp3) is 0.375. The smallest absolute Gasteiger partial charge is 0.337 e. The first-order chi connectivity index (χ1) is 11.7. The Balaban J connectivity index is 1.95. The normalized spacial score (nSPS) is 13.3. The first-order valence-corrected chi connectivity index (χ1v) is 7.63.